The van der Waals surface area contributed by atoms with Crippen LogP contribution in [0.15, 0.2) is 47.6 Å². The number of benzene rings is 2. The summed E-state index contributed by atoms with van der Waals surface area (Å²) in [5.74, 6) is -0.0359. The van der Waals surface area contributed by atoms with Crippen LogP contribution in [0.5, 0.6) is 5.75 Å². The minimum atomic E-state index is -0.389. The van der Waals surface area contributed by atoms with Crippen LogP contribution >= 0.6 is 23.2 Å². The van der Waals surface area contributed by atoms with Crippen molar-refractivity contribution in [3.63, 3.8) is 0 Å². The first-order chi connectivity index (χ1) is 10.5. The highest BCUT2D eigenvalue weighted by molar-refractivity contribution is 6.34. The summed E-state index contributed by atoms with van der Waals surface area (Å²) in [5.41, 5.74) is 4.43. The van der Waals surface area contributed by atoms with Gasteiger partial charge in [0.2, 0.25) is 0 Å². The number of carbonyl (C=O) groups excluding carboxylic acids is 1. The van der Waals surface area contributed by atoms with E-state index in [9.17, 15) is 4.79 Å². The van der Waals surface area contributed by atoms with E-state index in [1.165, 1.54) is 0 Å². The average molecular weight is 337 g/mol. The van der Waals surface area contributed by atoms with E-state index < -0.39 is 0 Å². The van der Waals surface area contributed by atoms with Crippen molar-refractivity contribution >= 4 is 35.3 Å². The zero-order valence-corrected chi connectivity index (χ0v) is 13.4. The number of nitrogens with one attached hydrogen (secondary N) is 1. The number of aryl methyl sites for hydroxylation is 1. The summed E-state index contributed by atoms with van der Waals surface area (Å²) in [7, 11) is 0. The van der Waals surface area contributed by atoms with Crippen LogP contribution in [0.4, 0.5) is 0 Å². The molecule has 22 heavy (non-hydrogen) atoms. The minimum absolute atomic E-state index is 0.203. The molecule has 0 saturated carbocycles. The predicted molar refractivity (Wildman–Crippen MR) is 88.9 cm³/mol. The third kappa shape index (κ3) is 5.06. The number of hydrogen-bond donors (Lipinski definition) is 1. The molecule has 0 aliphatic carbocycles. The molecular weight excluding hydrogens is 323 g/mol. The van der Waals surface area contributed by atoms with Crippen molar-refractivity contribution in [1.82, 2.24) is 5.43 Å². The van der Waals surface area contributed by atoms with Gasteiger partial charge in [-0.15, -0.1) is 0 Å². The summed E-state index contributed by atoms with van der Waals surface area (Å²) >= 11 is 11.8. The molecule has 2 rings (SSSR count). The second-order valence-electron chi connectivity index (χ2n) is 4.57. The maximum absolute atomic E-state index is 11.6. The highest BCUT2D eigenvalue weighted by atomic mass is 35.5. The van der Waals surface area contributed by atoms with Gasteiger partial charge >= 0.3 is 0 Å². The van der Waals surface area contributed by atoms with Gasteiger partial charge in [0.15, 0.2) is 6.61 Å². The lowest BCUT2D eigenvalue weighted by Crippen LogP contribution is -2.24. The number of ether oxygens (including phenoxy) is 1. The molecule has 0 aliphatic rings. The zero-order chi connectivity index (χ0) is 15.9. The Morgan fingerprint density at radius 2 is 1.95 bits per heavy atom. The molecule has 114 valence electrons. The molecule has 0 unspecified atom stereocenters. The van der Waals surface area contributed by atoms with E-state index in [1.807, 2.05) is 31.2 Å². The van der Waals surface area contributed by atoms with E-state index >= 15 is 0 Å². The Morgan fingerprint density at radius 3 is 2.68 bits per heavy atom. The Labute approximate surface area is 138 Å². The fourth-order valence-corrected chi connectivity index (χ4v) is 1.93. The minimum Gasteiger partial charge on any atom is -0.482 e. The van der Waals surface area contributed by atoms with Crippen molar-refractivity contribution < 1.29 is 9.53 Å². The maximum Gasteiger partial charge on any atom is 0.277 e. The molecule has 2 aromatic rings. The SMILES string of the molecule is Cc1ccc(/C=N/NC(=O)COc2cc(Cl)ccc2Cl)cc1. The molecule has 4 nitrogen and oxygen atoms in total. The molecule has 1 N–H and O–H groups in total. The summed E-state index contributed by atoms with van der Waals surface area (Å²) in [6.07, 6.45) is 1.56. The summed E-state index contributed by atoms with van der Waals surface area (Å²) in [6, 6.07) is 12.5. The number of hydrazone groups is 1. The lowest BCUT2D eigenvalue weighted by Gasteiger charge is -2.07. The highest BCUT2D eigenvalue weighted by Crippen LogP contribution is 2.27. The second-order valence-corrected chi connectivity index (χ2v) is 5.41. The van der Waals surface area contributed by atoms with Gasteiger partial charge in [0.05, 0.1) is 11.2 Å². The normalized spacial score (nSPS) is 10.7. The van der Waals surface area contributed by atoms with Crippen LogP contribution in [0, 0.1) is 6.92 Å². The van der Waals surface area contributed by atoms with Crippen molar-refractivity contribution in [2.45, 2.75) is 6.92 Å². The third-order valence-electron chi connectivity index (χ3n) is 2.73. The molecule has 1 amide bonds. The third-order valence-corrected chi connectivity index (χ3v) is 3.28. The van der Waals surface area contributed by atoms with Gasteiger partial charge in [0.25, 0.3) is 5.91 Å². The molecule has 6 heteroatoms. The number of halogens is 2. The summed E-state index contributed by atoms with van der Waals surface area (Å²) in [4.78, 5) is 11.6. The molecule has 0 heterocycles. The molecule has 0 aliphatic heterocycles. The van der Waals surface area contributed by atoms with Crippen molar-refractivity contribution in [3.05, 3.63) is 63.6 Å². The topological polar surface area (TPSA) is 50.7 Å². The van der Waals surface area contributed by atoms with Gasteiger partial charge < -0.3 is 4.74 Å². The van der Waals surface area contributed by atoms with Crippen LogP contribution < -0.4 is 10.2 Å². The number of hydrogen-bond acceptors (Lipinski definition) is 3. The van der Waals surface area contributed by atoms with Gasteiger partial charge in [-0.3, -0.25) is 4.79 Å². The summed E-state index contributed by atoms with van der Waals surface area (Å²) < 4.78 is 5.30. The fraction of sp³-hybridized carbons (Fsp3) is 0.125. The van der Waals surface area contributed by atoms with Gasteiger partial charge in [-0.1, -0.05) is 53.0 Å². The Morgan fingerprint density at radius 1 is 1.23 bits per heavy atom. The first-order valence-electron chi connectivity index (χ1n) is 6.51. The standard InChI is InChI=1S/C16H14Cl2N2O2/c1-11-2-4-12(5-3-11)9-19-20-16(21)10-22-15-8-13(17)6-7-14(15)18/h2-9H,10H2,1H3,(H,20,21)/b19-9+. The number of amides is 1. The Hall–Kier alpha value is -2.04. The lowest BCUT2D eigenvalue weighted by molar-refractivity contribution is -0.123. The van der Waals surface area contributed by atoms with Gasteiger partial charge in [-0.25, -0.2) is 5.43 Å². The Kier molecular flexibility index (Phi) is 5.81. The fourth-order valence-electron chi connectivity index (χ4n) is 1.59. The van der Waals surface area contributed by atoms with Crippen molar-refractivity contribution in [2.24, 2.45) is 5.10 Å². The van der Waals surface area contributed by atoms with Gasteiger partial charge in [-0.05, 0) is 24.6 Å². The number of carbonyl (C=O) groups is 1. The first-order valence-corrected chi connectivity index (χ1v) is 7.26. The largest absolute Gasteiger partial charge is 0.482 e. The van der Waals surface area contributed by atoms with Gasteiger partial charge in [0, 0.05) is 11.1 Å². The van der Waals surface area contributed by atoms with E-state index in [1.54, 1.807) is 24.4 Å². The first kappa shape index (κ1) is 16.3. The smallest absolute Gasteiger partial charge is 0.277 e. The zero-order valence-electron chi connectivity index (χ0n) is 11.8. The molecule has 0 aromatic heterocycles. The van der Waals surface area contributed by atoms with Crippen molar-refractivity contribution in [3.8, 4) is 5.75 Å². The van der Waals surface area contributed by atoms with Crippen LogP contribution in [-0.4, -0.2) is 18.7 Å². The molecule has 0 fully saturated rings. The predicted octanol–water partition coefficient (Wildman–Crippen LogP) is 3.83. The molecule has 0 radical (unpaired) electrons. The molecule has 0 bridgehead atoms. The van der Waals surface area contributed by atoms with Crippen LogP contribution in [0.25, 0.3) is 0 Å². The van der Waals surface area contributed by atoms with E-state index in [0.717, 1.165) is 11.1 Å². The highest BCUT2D eigenvalue weighted by Gasteiger charge is 2.05. The molecule has 0 saturated heterocycles. The van der Waals surface area contributed by atoms with Gasteiger partial charge in [-0.2, -0.15) is 5.10 Å². The summed E-state index contributed by atoms with van der Waals surface area (Å²) in [6.45, 7) is 1.80. The quantitative estimate of drug-likeness (QED) is 0.666. The second kappa shape index (κ2) is 7.82. The van der Waals surface area contributed by atoms with Crippen molar-refractivity contribution in [2.75, 3.05) is 6.61 Å². The van der Waals surface area contributed by atoms with Gasteiger partial charge in [0.1, 0.15) is 5.75 Å². The van der Waals surface area contributed by atoms with E-state index in [0.29, 0.717) is 15.8 Å². The van der Waals surface area contributed by atoms with E-state index in [-0.39, 0.29) is 12.5 Å². The van der Waals surface area contributed by atoms with Crippen LogP contribution in [0.1, 0.15) is 11.1 Å². The molecule has 2 aromatic carbocycles. The monoisotopic (exact) mass is 336 g/mol. The number of nitrogens with zero attached hydrogens (tertiary/aromatic N) is 1. The Balaban J connectivity index is 1.83. The van der Waals surface area contributed by atoms with E-state index in [2.05, 4.69) is 10.5 Å². The average Bonchev–Trinajstić information content (AvgIpc) is 2.50. The van der Waals surface area contributed by atoms with Crippen LogP contribution in [0.2, 0.25) is 10.0 Å². The number of rotatable bonds is 5. The Bertz CT molecular complexity index is 685. The van der Waals surface area contributed by atoms with Crippen LogP contribution in [0.3, 0.4) is 0 Å². The lowest BCUT2D eigenvalue weighted by atomic mass is 10.2. The maximum atomic E-state index is 11.6. The molecule has 0 atom stereocenters. The van der Waals surface area contributed by atoms with E-state index in [4.69, 9.17) is 27.9 Å². The van der Waals surface area contributed by atoms with Crippen molar-refractivity contribution in [1.29, 1.82) is 0 Å². The van der Waals surface area contributed by atoms with Crippen LogP contribution in [-0.2, 0) is 4.79 Å². The summed E-state index contributed by atoms with van der Waals surface area (Å²) in [5, 5.41) is 4.73. The molecule has 0 spiro atoms. The molecular formula is C16H14Cl2N2O2.